The fourth-order valence-corrected chi connectivity index (χ4v) is 4.70. The van der Waals surface area contributed by atoms with Gasteiger partial charge >= 0.3 is 0 Å². The topological polar surface area (TPSA) is 121 Å². The molecule has 1 aromatic heterocycles. The van der Waals surface area contributed by atoms with Crippen molar-refractivity contribution in [3.05, 3.63) is 30.0 Å². The Hall–Kier alpha value is -3.36. The number of likely N-dealkylation sites (tertiary alicyclic amines) is 1. The van der Waals surface area contributed by atoms with Crippen molar-refractivity contribution in [1.82, 2.24) is 20.5 Å². The van der Waals surface area contributed by atoms with Gasteiger partial charge in [0.1, 0.15) is 23.8 Å². The lowest BCUT2D eigenvalue weighted by Crippen LogP contribution is -2.58. The molecule has 9 heteroatoms. The van der Waals surface area contributed by atoms with Crippen molar-refractivity contribution in [2.24, 2.45) is 11.8 Å². The molecule has 1 unspecified atom stereocenters. The van der Waals surface area contributed by atoms with Gasteiger partial charge in [0.15, 0.2) is 0 Å². The largest absolute Gasteiger partial charge is 0.496 e. The first-order valence-corrected chi connectivity index (χ1v) is 10.9. The van der Waals surface area contributed by atoms with Crippen molar-refractivity contribution in [3.63, 3.8) is 0 Å². The summed E-state index contributed by atoms with van der Waals surface area (Å²) in [4.78, 5) is 54.5. The number of nitrogens with one attached hydrogen (secondary N) is 3. The van der Waals surface area contributed by atoms with E-state index in [1.807, 2.05) is 25.1 Å². The van der Waals surface area contributed by atoms with Crippen LogP contribution in [-0.4, -0.2) is 66.2 Å². The molecular weight excluding hydrogens is 412 g/mol. The summed E-state index contributed by atoms with van der Waals surface area (Å²) in [6.45, 7) is 3.00. The normalized spacial score (nSPS) is 24.3. The molecule has 4 rings (SSSR count). The van der Waals surface area contributed by atoms with Gasteiger partial charge in [0.2, 0.25) is 11.8 Å². The van der Waals surface area contributed by atoms with E-state index in [2.05, 4.69) is 15.6 Å². The number of aromatic nitrogens is 1. The predicted octanol–water partition coefficient (Wildman–Crippen LogP) is 1.24. The summed E-state index contributed by atoms with van der Waals surface area (Å²) in [6, 6.07) is 5.76. The molecule has 1 aromatic carbocycles. The summed E-state index contributed by atoms with van der Waals surface area (Å²) >= 11 is 0. The summed E-state index contributed by atoms with van der Waals surface area (Å²) in [5.74, 6) is -0.288. The van der Waals surface area contributed by atoms with Gasteiger partial charge in [-0.15, -0.1) is 0 Å². The van der Waals surface area contributed by atoms with Gasteiger partial charge in [0, 0.05) is 29.9 Å². The first-order chi connectivity index (χ1) is 15.4. The standard InChI is InChI=1S/C23H28N4O5/c1-13-8-19(23(31)27(11-13)15(12-28)9-14-6-7-24-21(14)29)26-22(30)18-10-16-17(25-18)4-3-5-20(16)32-2/h3-5,10,12-15,19,25H,6-9,11H2,1-2H3,(H,24,29)(H,26,30)/t13?,14-,15-,19-/m0/s1. The number of amides is 3. The third kappa shape index (κ3) is 4.19. The molecule has 9 nitrogen and oxygen atoms in total. The van der Waals surface area contributed by atoms with Gasteiger partial charge < -0.3 is 30.0 Å². The highest BCUT2D eigenvalue weighted by molar-refractivity contribution is 6.01. The number of ether oxygens (including phenoxy) is 1. The van der Waals surface area contributed by atoms with E-state index in [9.17, 15) is 19.2 Å². The van der Waals surface area contributed by atoms with Gasteiger partial charge in [-0.1, -0.05) is 13.0 Å². The van der Waals surface area contributed by atoms with Crippen LogP contribution < -0.4 is 15.4 Å². The number of carbonyl (C=O) groups excluding carboxylic acids is 4. The van der Waals surface area contributed by atoms with Crippen molar-refractivity contribution in [2.45, 2.75) is 38.3 Å². The van der Waals surface area contributed by atoms with Crippen molar-refractivity contribution < 1.29 is 23.9 Å². The van der Waals surface area contributed by atoms with Crippen LogP contribution in [0.25, 0.3) is 10.9 Å². The zero-order chi connectivity index (χ0) is 22.8. The van der Waals surface area contributed by atoms with Crippen LogP contribution in [-0.2, 0) is 14.4 Å². The summed E-state index contributed by atoms with van der Waals surface area (Å²) < 4.78 is 5.34. The van der Waals surface area contributed by atoms with E-state index < -0.39 is 18.0 Å². The Kier molecular flexibility index (Phi) is 6.16. The highest BCUT2D eigenvalue weighted by atomic mass is 16.5. The lowest BCUT2D eigenvalue weighted by Gasteiger charge is -2.39. The minimum Gasteiger partial charge on any atom is -0.496 e. The van der Waals surface area contributed by atoms with Crippen LogP contribution in [0.4, 0.5) is 0 Å². The Labute approximate surface area is 185 Å². The minimum absolute atomic E-state index is 0.0755. The molecule has 0 bridgehead atoms. The zero-order valence-corrected chi connectivity index (χ0v) is 18.2. The molecule has 0 saturated carbocycles. The third-order valence-electron chi connectivity index (χ3n) is 6.37. The van der Waals surface area contributed by atoms with Crippen molar-refractivity contribution in [1.29, 1.82) is 0 Å². The molecule has 32 heavy (non-hydrogen) atoms. The molecule has 0 aliphatic carbocycles. The fourth-order valence-electron chi connectivity index (χ4n) is 4.70. The SMILES string of the molecule is COc1cccc2[nH]c(C(=O)N[C@H]3CC(C)CN([C@H](C=O)C[C@@H]4CCNC4=O)C3=O)cc12. The molecule has 2 fully saturated rings. The molecule has 170 valence electrons. The summed E-state index contributed by atoms with van der Waals surface area (Å²) in [6.07, 6.45) is 2.19. The molecule has 0 spiro atoms. The van der Waals surface area contributed by atoms with Crippen LogP contribution in [0.15, 0.2) is 24.3 Å². The van der Waals surface area contributed by atoms with Crippen LogP contribution in [0.5, 0.6) is 5.75 Å². The Bertz CT molecular complexity index is 1050. The summed E-state index contributed by atoms with van der Waals surface area (Å²) in [5.41, 5.74) is 1.09. The average molecular weight is 441 g/mol. The molecule has 0 radical (unpaired) electrons. The molecule has 3 amide bonds. The Morgan fingerprint density at radius 2 is 2.19 bits per heavy atom. The number of carbonyl (C=O) groups is 4. The number of hydrogen-bond donors (Lipinski definition) is 3. The first kappa shape index (κ1) is 21.9. The molecule has 4 atom stereocenters. The predicted molar refractivity (Wildman–Crippen MR) is 117 cm³/mol. The van der Waals surface area contributed by atoms with E-state index >= 15 is 0 Å². The van der Waals surface area contributed by atoms with Gasteiger partial charge in [0.05, 0.1) is 13.2 Å². The Morgan fingerprint density at radius 3 is 2.88 bits per heavy atom. The van der Waals surface area contributed by atoms with Crippen LogP contribution >= 0.6 is 0 Å². The van der Waals surface area contributed by atoms with Crippen molar-refractivity contribution in [3.8, 4) is 5.75 Å². The molecule has 3 N–H and O–H groups in total. The number of aromatic amines is 1. The smallest absolute Gasteiger partial charge is 0.268 e. The van der Waals surface area contributed by atoms with Crippen LogP contribution in [0, 0.1) is 11.8 Å². The van der Waals surface area contributed by atoms with Gasteiger partial charge in [-0.05, 0) is 43.4 Å². The number of aldehydes is 1. The lowest BCUT2D eigenvalue weighted by atomic mass is 9.91. The van der Waals surface area contributed by atoms with E-state index in [4.69, 9.17) is 4.74 Å². The summed E-state index contributed by atoms with van der Waals surface area (Å²) in [5, 5.41) is 6.37. The van der Waals surface area contributed by atoms with E-state index in [-0.39, 0.29) is 23.7 Å². The maximum atomic E-state index is 13.2. The number of piperidine rings is 1. The van der Waals surface area contributed by atoms with E-state index in [0.717, 1.165) is 17.2 Å². The van der Waals surface area contributed by atoms with Gasteiger partial charge in [-0.2, -0.15) is 0 Å². The number of H-pyrrole nitrogens is 1. The van der Waals surface area contributed by atoms with Crippen LogP contribution in [0.2, 0.25) is 0 Å². The fraction of sp³-hybridized carbons (Fsp3) is 0.478. The van der Waals surface area contributed by atoms with E-state index in [0.29, 0.717) is 43.8 Å². The molecule has 3 heterocycles. The minimum atomic E-state index is -0.737. The molecule has 2 aromatic rings. The molecular formula is C23H28N4O5. The van der Waals surface area contributed by atoms with E-state index in [1.165, 1.54) is 4.90 Å². The zero-order valence-electron chi connectivity index (χ0n) is 18.2. The number of methoxy groups -OCH3 is 1. The molecule has 2 aliphatic rings. The lowest BCUT2D eigenvalue weighted by molar-refractivity contribution is -0.143. The number of rotatable bonds is 7. The second-order valence-electron chi connectivity index (χ2n) is 8.68. The third-order valence-corrected chi connectivity index (χ3v) is 6.37. The number of fused-ring (bicyclic) bond motifs is 1. The quantitative estimate of drug-likeness (QED) is 0.560. The van der Waals surface area contributed by atoms with Crippen LogP contribution in [0.1, 0.15) is 36.7 Å². The number of benzene rings is 1. The van der Waals surface area contributed by atoms with Gasteiger partial charge in [0.25, 0.3) is 5.91 Å². The Balaban J connectivity index is 1.49. The van der Waals surface area contributed by atoms with Crippen molar-refractivity contribution >= 4 is 34.9 Å². The van der Waals surface area contributed by atoms with E-state index in [1.54, 1.807) is 13.2 Å². The van der Waals surface area contributed by atoms with Crippen LogP contribution in [0.3, 0.4) is 0 Å². The second-order valence-corrected chi connectivity index (χ2v) is 8.68. The average Bonchev–Trinajstić information content (AvgIpc) is 3.40. The molecule has 2 saturated heterocycles. The maximum absolute atomic E-state index is 13.2. The Morgan fingerprint density at radius 1 is 1.38 bits per heavy atom. The second kappa shape index (κ2) is 9.02. The monoisotopic (exact) mass is 440 g/mol. The maximum Gasteiger partial charge on any atom is 0.268 e. The van der Waals surface area contributed by atoms with Gasteiger partial charge in [-0.25, -0.2) is 0 Å². The summed E-state index contributed by atoms with van der Waals surface area (Å²) in [7, 11) is 1.57. The highest BCUT2D eigenvalue weighted by Gasteiger charge is 2.39. The highest BCUT2D eigenvalue weighted by Crippen LogP contribution is 2.27. The van der Waals surface area contributed by atoms with Gasteiger partial charge in [-0.3, -0.25) is 14.4 Å². The number of hydrogen-bond acceptors (Lipinski definition) is 5. The van der Waals surface area contributed by atoms with Crippen molar-refractivity contribution in [2.75, 3.05) is 20.2 Å². The first-order valence-electron chi connectivity index (χ1n) is 10.9. The molecule has 2 aliphatic heterocycles. The number of nitrogens with zero attached hydrogens (tertiary/aromatic N) is 1.